The molecule has 3 heterocycles. The first kappa shape index (κ1) is 14.7. The Hall–Kier alpha value is -1.86. The van der Waals surface area contributed by atoms with Crippen molar-refractivity contribution in [2.75, 3.05) is 26.3 Å². The van der Waals surface area contributed by atoms with Gasteiger partial charge in [0.05, 0.1) is 25.3 Å². The number of nitrogens with zero attached hydrogens (tertiary/aromatic N) is 6. The van der Waals surface area contributed by atoms with Gasteiger partial charge in [-0.25, -0.2) is 4.68 Å². The number of ether oxygens (including phenoxy) is 1. The van der Waals surface area contributed by atoms with Gasteiger partial charge in [0.15, 0.2) is 5.82 Å². The van der Waals surface area contributed by atoms with Crippen LogP contribution in [-0.2, 0) is 4.74 Å². The van der Waals surface area contributed by atoms with Crippen LogP contribution in [-0.4, -0.2) is 56.4 Å². The maximum atomic E-state index is 5.52. The molecule has 1 saturated heterocycles. The van der Waals surface area contributed by atoms with E-state index < -0.39 is 0 Å². The van der Waals surface area contributed by atoms with Gasteiger partial charge in [-0.3, -0.25) is 9.88 Å². The molecule has 2 aliphatic rings. The van der Waals surface area contributed by atoms with E-state index >= 15 is 0 Å². The van der Waals surface area contributed by atoms with Crippen molar-refractivity contribution in [3.63, 3.8) is 0 Å². The summed E-state index contributed by atoms with van der Waals surface area (Å²) in [4.78, 5) is 6.57. The quantitative estimate of drug-likeness (QED) is 0.854. The standard InChI is InChI=1S/C16H22N6O/c1-2-4-14(3-1)22-16(18-19-20-22)15(13-5-7-17-8-6-13)21-9-11-23-12-10-21/h5-8,14-15H,1-4,9-12H2. The molecule has 1 aliphatic heterocycles. The van der Waals surface area contributed by atoms with Crippen LogP contribution < -0.4 is 0 Å². The molecule has 1 unspecified atom stereocenters. The molecular formula is C16H22N6O. The van der Waals surface area contributed by atoms with Crippen LogP contribution in [0.15, 0.2) is 24.5 Å². The minimum absolute atomic E-state index is 0.0671. The molecule has 1 saturated carbocycles. The van der Waals surface area contributed by atoms with Gasteiger partial charge in [-0.1, -0.05) is 12.8 Å². The molecule has 0 radical (unpaired) electrons. The number of morpholine rings is 1. The van der Waals surface area contributed by atoms with E-state index in [4.69, 9.17) is 4.74 Å². The van der Waals surface area contributed by atoms with Crippen molar-refractivity contribution in [3.05, 3.63) is 35.9 Å². The van der Waals surface area contributed by atoms with Gasteiger partial charge in [0, 0.05) is 25.5 Å². The predicted octanol–water partition coefficient (Wildman–Crippen LogP) is 1.60. The molecule has 2 aromatic heterocycles. The summed E-state index contributed by atoms with van der Waals surface area (Å²) < 4.78 is 7.58. The van der Waals surface area contributed by atoms with Gasteiger partial charge >= 0.3 is 0 Å². The summed E-state index contributed by atoms with van der Waals surface area (Å²) in [5, 5.41) is 12.7. The van der Waals surface area contributed by atoms with Crippen molar-refractivity contribution in [1.29, 1.82) is 0 Å². The lowest BCUT2D eigenvalue weighted by Crippen LogP contribution is -2.40. The van der Waals surface area contributed by atoms with Crippen LogP contribution in [0.2, 0.25) is 0 Å². The van der Waals surface area contributed by atoms with Crippen LogP contribution in [0, 0.1) is 0 Å². The Labute approximate surface area is 135 Å². The van der Waals surface area contributed by atoms with Crippen LogP contribution in [0.4, 0.5) is 0 Å². The first-order valence-corrected chi connectivity index (χ1v) is 8.43. The highest BCUT2D eigenvalue weighted by Gasteiger charge is 2.31. The van der Waals surface area contributed by atoms with Crippen molar-refractivity contribution < 1.29 is 4.74 Å². The summed E-state index contributed by atoms with van der Waals surface area (Å²) in [5.74, 6) is 0.949. The molecule has 1 aliphatic carbocycles. The maximum Gasteiger partial charge on any atom is 0.173 e. The minimum atomic E-state index is 0.0671. The van der Waals surface area contributed by atoms with E-state index in [1.54, 1.807) is 0 Å². The number of rotatable bonds is 4. The van der Waals surface area contributed by atoms with Crippen molar-refractivity contribution in [2.24, 2.45) is 0 Å². The lowest BCUT2D eigenvalue weighted by atomic mass is 10.0. The van der Waals surface area contributed by atoms with Gasteiger partial charge in [0.1, 0.15) is 0 Å². The second-order valence-electron chi connectivity index (χ2n) is 6.25. The predicted molar refractivity (Wildman–Crippen MR) is 83.8 cm³/mol. The van der Waals surface area contributed by atoms with Crippen LogP contribution in [0.25, 0.3) is 0 Å². The second kappa shape index (κ2) is 6.72. The first-order chi connectivity index (χ1) is 11.4. The van der Waals surface area contributed by atoms with Gasteiger partial charge < -0.3 is 4.74 Å². The lowest BCUT2D eigenvalue weighted by Gasteiger charge is -2.34. The molecule has 1 atom stereocenters. The third-order valence-corrected chi connectivity index (χ3v) is 4.87. The number of hydrogen-bond donors (Lipinski definition) is 0. The fourth-order valence-electron chi connectivity index (χ4n) is 3.69. The Bertz CT molecular complexity index is 619. The molecule has 2 aromatic rings. The minimum Gasteiger partial charge on any atom is -0.379 e. The summed E-state index contributed by atoms with van der Waals surface area (Å²) in [6.45, 7) is 3.30. The Kier molecular flexibility index (Phi) is 4.30. The van der Waals surface area contributed by atoms with Gasteiger partial charge in [0.25, 0.3) is 0 Å². The molecule has 0 N–H and O–H groups in total. The Balaban J connectivity index is 1.71. The molecule has 7 nitrogen and oxygen atoms in total. The zero-order valence-electron chi connectivity index (χ0n) is 13.2. The molecular weight excluding hydrogens is 292 g/mol. The Morgan fingerprint density at radius 3 is 2.57 bits per heavy atom. The lowest BCUT2D eigenvalue weighted by molar-refractivity contribution is 0.0213. The SMILES string of the molecule is c1cc(C(c2nnnn2C2CCCC2)N2CCOCC2)ccn1. The summed E-state index contributed by atoms with van der Waals surface area (Å²) in [6, 6.07) is 4.63. The van der Waals surface area contributed by atoms with Crippen molar-refractivity contribution in [2.45, 2.75) is 37.8 Å². The van der Waals surface area contributed by atoms with Gasteiger partial charge in [-0.05, 0) is 41.0 Å². The molecule has 23 heavy (non-hydrogen) atoms. The fraction of sp³-hybridized carbons (Fsp3) is 0.625. The molecule has 122 valence electrons. The number of hydrogen-bond acceptors (Lipinski definition) is 6. The molecule has 4 rings (SSSR count). The van der Waals surface area contributed by atoms with Gasteiger partial charge in [-0.2, -0.15) is 0 Å². The zero-order chi connectivity index (χ0) is 15.5. The van der Waals surface area contributed by atoms with Crippen LogP contribution >= 0.6 is 0 Å². The van der Waals surface area contributed by atoms with Crippen molar-refractivity contribution in [1.82, 2.24) is 30.1 Å². The molecule has 0 bridgehead atoms. The summed E-state index contributed by atoms with van der Waals surface area (Å²) in [7, 11) is 0. The topological polar surface area (TPSA) is 69.0 Å². The summed E-state index contributed by atoms with van der Waals surface area (Å²) >= 11 is 0. The van der Waals surface area contributed by atoms with Crippen LogP contribution in [0.1, 0.15) is 49.2 Å². The van der Waals surface area contributed by atoms with E-state index in [-0.39, 0.29) is 6.04 Å². The van der Waals surface area contributed by atoms with E-state index in [0.29, 0.717) is 6.04 Å². The number of aromatic nitrogens is 5. The van der Waals surface area contributed by atoms with Crippen molar-refractivity contribution >= 4 is 0 Å². The third-order valence-electron chi connectivity index (χ3n) is 4.87. The molecule has 0 spiro atoms. The number of tetrazole rings is 1. The highest BCUT2D eigenvalue weighted by atomic mass is 16.5. The highest BCUT2D eigenvalue weighted by molar-refractivity contribution is 5.22. The first-order valence-electron chi connectivity index (χ1n) is 8.43. The maximum absolute atomic E-state index is 5.52. The molecule has 7 heteroatoms. The van der Waals surface area contributed by atoms with Crippen LogP contribution in [0.5, 0.6) is 0 Å². The Morgan fingerprint density at radius 1 is 1.09 bits per heavy atom. The normalized spacial score (nSPS) is 21.6. The van der Waals surface area contributed by atoms with E-state index in [9.17, 15) is 0 Å². The van der Waals surface area contributed by atoms with Gasteiger partial charge in [-0.15, -0.1) is 5.10 Å². The average molecular weight is 314 g/mol. The molecule has 0 amide bonds. The van der Waals surface area contributed by atoms with Gasteiger partial charge in [0.2, 0.25) is 0 Å². The molecule has 2 fully saturated rings. The van der Waals surface area contributed by atoms with E-state index in [2.05, 4.69) is 42.2 Å². The second-order valence-corrected chi connectivity index (χ2v) is 6.25. The van der Waals surface area contributed by atoms with Crippen molar-refractivity contribution in [3.8, 4) is 0 Å². The Morgan fingerprint density at radius 2 is 1.83 bits per heavy atom. The third kappa shape index (κ3) is 2.98. The average Bonchev–Trinajstić information content (AvgIpc) is 3.28. The molecule has 0 aromatic carbocycles. The van der Waals surface area contributed by atoms with E-state index in [0.717, 1.165) is 32.1 Å². The zero-order valence-corrected chi connectivity index (χ0v) is 13.2. The largest absolute Gasteiger partial charge is 0.379 e. The van der Waals surface area contributed by atoms with E-state index in [1.165, 1.54) is 31.2 Å². The monoisotopic (exact) mass is 314 g/mol. The summed E-state index contributed by atoms with van der Waals surface area (Å²) in [5.41, 5.74) is 1.19. The fourth-order valence-corrected chi connectivity index (χ4v) is 3.69. The van der Waals surface area contributed by atoms with Crippen LogP contribution in [0.3, 0.4) is 0 Å². The summed E-state index contributed by atoms with van der Waals surface area (Å²) in [6.07, 6.45) is 8.55. The highest BCUT2D eigenvalue weighted by Crippen LogP contribution is 2.34. The van der Waals surface area contributed by atoms with E-state index in [1.807, 2.05) is 12.4 Å². The number of pyridine rings is 1. The smallest absolute Gasteiger partial charge is 0.173 e.